The molecule has 0 saturated heterocycles. The van der Waals surface area contributed by atoms with Crippen LogP contribution in [-0.2, 0) is 20.8 Å². The minimum atomic E-state index is -0.480. The molecule has 0 aliphatic carbocycles. The third-order valence-electron chi connectivity index (χ3n) is 3.75. The van der Waals surface area contributed by atoms with Gasteiger partial charge in [-0.25, -0.2) is 0 Å². The maximum atomic E-state index is 12.3. The molecule has 0 aliphatic heterocycles. The Labute approximate surface area is 176 Å². The summed E-state index contributed by atoms with van der Waals surface area (Å²) in [7, 11) is 3.13. The fraction of sp³-hybridized carbons (Fsp3) is 0.300. The van der Waals surface area contributed by atoms with Gasteiger partial charge in [0.25, 0.3) is 0 Å². The molecule has 0 aliphatic rings. The lowest BCUT2D eigenvalue weighted by Gasteiger charge is -2.16. The fourth-order valence-electron chi connectivity index (χ4n) is 2.44. The number of pyridine rings is 1. The molecule has 0 atom stereocenters. The lowest BCUT2D eigenvalue weighted by molar-refractivity contribution is -0.117. The van der Waals surface area contributed by atoms with Gasteiger partial charge in [0, 0.05) is 39.3 Å². The molecule has 156 valence electrons. The summed E-state index contributed by atoms with van der Waals surface area (Å²) < 4.78 is 12.5. The van der Waals surface area contributed by atoms with Gasteiger partial charge < -0.3 is 14.8 Å². The first-order valence-electron chi connectivity index (χ1n) is 8.90. The third kappa shape index (κ3) is 6.67. The highest BCUT2D eigenvalue weighted by Gasteiger charge is 2.19. The van der Waals surface area contributed by atoms with Gasteiger partial charge >= 0.3 is 0 Å². The van der Waals surface area contributed by atoms with E-state index in [2.05, 4.69) is 27.1 Å². The van der Waals surface area contributed by atoms with Crippen molar-refractivity contribution in [3.8, 4) is 11.4 Å². The Morgan fingerprint density at radius 1 is 1.41 bits per heavy atom. The van der Waals surface area contributed by atoms with Crippen LogP contribution in [0.2, 0.25) is 0 Å². The van der Waals surface area contributed by atoms with Crippen molar-refractivity contribution in [1.29, 1.82) is 0 Å². The molecule has 8 nitrogen and oxygen atoms in total. The summed E-state index contributed by atoms with van der Waals surface area (Å²) >= 11 is 1.28. The first kappa shape index (κ1) is 22.5. The molecule has 0 fully saturated rings. The van der Waals surface area contributed by atoms with E-state index in [9.17, 15) is 4.79 Å². The third-order valence-corrected chi connectivity index (χ3v) is 4.72. The number of hydrogen-bond acceptors (Lipinski definition) is 7. The van der Waals surface area contributed by atoms with E-state index in [4.69, 9.17) is 9.47 Å². The summed E-state index contributed by atoms with van der Waals surface area (Å²) in [5, 5.41) is 11.9. The topological polar surface area (TPSA) is 91.2 Å². The van der Waals surface area contributed by atoms with Gasteiger partial charge in [0.2, 0.25) is 5.91 Å². The summed E-state index contributed by atoms with van der Waals surface area (Å²) in [6.45, 7) is 5.90. The number of nitrogens with zero attached hydrogens (tertiary/aromatic N) is 4. The molecule has 0 spiro atoms. The van der Waals surface area contributed by atoms with Crippen LogP contribution in [0.1, 0.15) is 8.35 Å². The Morgan fingerprint density at radius 3 is 2.83 bits per heavy atom. The number of carbonyl (C=O) groups is 1. The van der Waals surface area contributed by atoms with Crippen molar-refractivity contribution in [2.24, 2.45) is 0 Å². The Hall–Kier alpha value is -2.75. The number of aromatic nitrogens is 4. The highest BCUT2D eigenvalue weighted by atomic mass is 32.2. The van der Waals surface area contributed by atoms with Gasteiger partial charge in [-0.3, -0.25) is 14.3 Å². The number of carbonyl (C=O) groups excluding carboxylic acids is 1. The molecule has 9 heteroatoms. The van der Waals surface area contributed by atoms with Gasteiger partial charge in [-0.2, -0.15) is 0 Å². The van der Waals surface area contributed by atoms with Crippen molar-refractivity contribution in [3.63, 3.8) is 0 Å². The molecule has 2 rings (SSSR count). The van der Waals surface area contributed by atoms with E-state index in [0.717, 1.165) is 5.56 Å². The molecule has 0 aromatic carbocycles. The average Bonchev–Trinajstić information content (AvgIpc) is 3.14. The van der Waals surface area contributed by atoms with Crippen LogP contribution in [0.4, 0.5) is 0 Å². The number of allylic oxidation sites excluding steroid dienone is 4. The van der Waals surface area contributed by atoms with E-state index in [1.807, 2.05) is 29.7 Å². The highest BCUT2D eigenvalue weighted by molar-refractivity contribution is 7.99. The first-order valence-corrected chi connectivity index (χ1v) is 9.88. The Morgan fingerprint density at radius 2 is 2.21 bits per heavy atom. The fourth-order valence-corrected chi connectivity index (χ4v) is 3.18. The van der Waals surface area contributed by atoms with Crippen LogP contribution in [0.5, 0.6) is 0 Å². The van der Waals surface area contributed by atoms with Crippen molar-refractivity contribution >= 4 is 17.7 Å². The average molecular weight is 418 g/mol. The summed E-state index contributed by atoms with van der Waals surface area (Å²) in [6, 6.07) is 3.72. The van der Waals surface area contributed by atoms with Crippen molar-refractivity contribution in [3.05, 3.63) is 61.1 Å². The van der Waals surface area contributed by atoms with Crippen LogP contribution < -0.4 is 5.32 Å². The molecule has 0 bridgehead atoms. The van der Waals surface area contributed by atoms with Gasteiger partial charge in [0.15, 0.2) is 17.3 Å². The summed E-state index contributed by atoms with van der Waals surface area (Å²) in [6.07, 6.45) is 9.91. The minimum Gasteiger partial charge on any atom is -0.354 e. The van der Waals surface area contributed by atoms with Crippen molar-refractivity contribution in [2.45, 2.75) is 24.9 Å². The predicted molar refractivity (Wildman–Crippen MR) is 115 cm³/mol. The standard InChI is InChI=1S/C20H25N5O3S.H2/c1-5-8-16(9-6-2)22-17(26)14-29-20-24-23-19(15-10-7-11-21-12-15)25(20)13-18(27-3)28-4;/h5-12,18H,1,13-14H2,2-4H3,(H,22,26);1H/b9-6-,16-8+;. The quantitative estimate of drug-likeness (QED) is 0.341. The highest BCUT2D eigenvalue weighted by Crippen LogP contribution is 2.24. The number of methoxy groups -OCH3 is 2. The Balaban J connectivity index is 0.00000450. The molecule has 2 heterocycles. The number of thioether (sulfide) groups is 1. The number of rotatable bonds is 11. The predicted octanol–water partition coefficient (Wildman–Crippen LogP) is 3.06. The van der Waals surface area contributed by atoms with Crippen LogP contribution in [-0.4, -0.2) is 51.9 Å². The molecular weight excluding hydrogens is 390 g/mol. The second-order valence-electron chi connectivity index (χ2n) is 5.75. The van der Waals surface area contributed by atoms with E-state index < -0.39 is 6.29 Å². The number of hydrogen-bond donors (Lipinski definition) is 1. The van der Waals surface area contributed by atoms with Crippen molar-refractivity contribution in [2.75, 3.05) is 20.0 Å². The van der Waals surface area contributed by atoms with E-state index in [1.165, 1.54) is 11.8 Å². The van der Waals surface area contributed by atoms with Gasteiger partial charge in [0.1, 0.15) is 0 Å². The number of ether oxygens (including phenoxy) is 2. The van der Waals surface area contributed by atoms with Crippen LogP contribution in [0, 0.1) is 0 Å². The summed E-state index contributed by atoms with van der Waals surface area (Å²) in [5.41, 5.74) is 1.48. The van der Waals surface area contributed by atoms with E-state index in [0.29, 0.717) is 23.2 Å². The second-order valence-corrected chi connectivity index (χ2v) is 6.70. The van der Waals surface area contributed by atoms with Crippen molar-refractivity contribution < 1.29 is 15.7 Å². The summed E-state index contributed by atoms with van der Waals surface area (Å²) in [4.78, 5) is 16.5. The monoisotopic (exact) mass is 417 g/mol. The van der Waals surface area contributed by atoms with E-state index >= 15 is 0 Å². The summed E-state index contributed by atoms with van der Waals surface area (Å²) in [5.74, 6) is 0.636. The zero-order valence-electron chi connectivity index (χ0n) is 16.7. The maximum absolute atomic E-state index is 12.3. The molecule has 1 N–H and O–H groups in total. The molecule has 1 amide bonds. The molecule has 2 aromatic heterocycles. The van der Waals surface area contributed by atoms with Crippen molar-refractivity contribution in [1.82, 2.24) is 25.1 Å². The zero-order valence-corrected chi connectivity index (χ0v) is 17.6. The lowest BCUT2D eigenvalue weighted by atomic mass is 10.3. The molecular formula is C20H27N5O3S. The minimum absolute atomic E-state index is 0. The van der Waals surface area contributed by atoms with Gasteiger partial charge in [0.05, 0.1) is 12.3 Å². The van der Waals surface area contributed by atoms with Gasteiger partial charge in [-0.1, -0.05) is 30.5 Å². The zero-order chi connectivity index (χ0) is 21.1. The van der Waals surface area contributed by atoms with Gasteiger partial charge in [-0.05, 0) is 31.2 Å². The lowest BCUT2D eigenvalue weighted by Crippen LogP contribution is -2.24. The van der Waals surface area contributed by atoms with Crippen LogP contribution in [0.25, 0.3) is 11.4 Å². The number of amides is 1. The molecule has 0 saturated carbocycles. The van der Waals surface area contributed by atoms with Crippen LogP contribution >= 0.6 is 11.8 Å². The van der Waals surface area contributed by atoms with Gasteiger partial charge in [-0.15, -0.1) is 10.2 Å². The number of nitrogens with one attached hydrogen (secondary N) is 1. The molecule has 0 radical (unpaired) electrons. The van der Waals surface area contributed by atoms with E-state index in [-0.39, 0.29) is 13.1 Å². The van der Waals surface area contributed by atoms with E-state index in [1.54, 1.807) is 44.8 Å². The Kier molecular flexibility index (Phi) is 9.29. The smallest absolute Gasteiger partial charge is 0.234 e. The Bertz CT molecular complexity index is 867. The molecule has 2 aromatic rings. The molecule has 29 heavy (non-hydrogen) atoms. The SMILES string of the molecule is C=C/C=C(\C=C/C)NC(=O)CSc1nnc(-c2cccnc2)n1CC(OC)OC.[HH]. The van der Waals surface area contributed by atoms with Crippen LogP contribution in [0.15, 0.2) is 66.3 Å². The normalized spacial score (nSPS) is 11.9. The largest absolute Gasteiger partial charge is 0.354 e. The van der Waals surface area contributed by atoms with Crippen LogP contribution in [0.3, 0.4) is 0 Å². The second kappa shape index (κ2) is 11.9. The molecule has 0 unspecified atom stereocenters. The first-order chi connectivity index (χ1) is 14.1. The maximum Gasteiger partial charge on any atom is 0.234 e.